The third-order valence-electron chi connectivity index (χ3n) is 6.22. The molecule has 1 aliphatic heterocycles. The molecule has 5 rings (SSSR count). The highest BCUT2D eigenvalue weighted by atomic mass is 32.2. The second-order valence-electron chi connectivity index (χ2n) is 7.83. The maximum atomic E-state index is 11.8. The number of nitrogens with zero attached hydrogens (tertiary/aromatic N) is 2. The van der Waals surface area contributed by atoms with Gasteiger partial charge in [-0.15, -0.1) is 0 Å². The molecular formula is C25H24N2O2S. The van der Waals surface area contributed by atoms with Crippen molar-refractivity contribution < 1.29 is 9.90 Å². The fourth-order valence-electron chi connectivity index (χ4n) is 4.86. The Balaban J connectivity index is 1.63. The molecule has 0 bridgehead atoms. The number of amides is 1. The van der Waals surface area contributed by atoms with E-state index in [4.69, 9.17) is 0 Å². The Morgan fingerprint density at radius 2 is 1.90 bits per heavy atom. The number of fused-ring (bicyclic) bond motifs is 4. The van der Waals surface area contributed by atoms with Gasteiger partial charge in [0, 0.05) is 46.4 Å². The number of aryl methyl sites for hydroxylation is 1. The summed E-state index contributed by atoms with van der Waals surface area (Å²) in [7, 11) is 2.12. The lowest BCUT2D eigenvalue weighted by Gasteiger charge is -2.33. The molecule has 2 heterocycles. The summed E-state index contributed by atoms with van der Waals surface area (Å²) in [6.45, 7) is 2.63. The van der Waals surface area contributed by atoms with Crippen molar-refractivity contribution in [3.63, 3.8) is 0 Å². The quantitative estimate of drug-likeness (QED) is 0.416. The molecule has 30 heavy (non-hydrogen) atoms. The number of rotatable bonds is 3. The van der Waals surface area contributed by atoms with Crippen LogP contribution in [0.1, 0.15) is 30.6 Å². The van der Waals surface area contributed by atoms with Crippen molar-refractivity contribution in [2.75, 3.05) is 6.54 Å². The molecule has 1 atom stereocenters. The standard InChI is InChI=1S/C25H24N2O2S/c1-3-20-23-19-9-6-10-22(24(19)26(2)21(23)13-14-27(20)25(28)29)30-18-12-11-16-7-4-5-8-17(16)15-18/h4-12,15,20H,3,13-14H2,1-2H3,(H,28,29). The number of benzene rings is 3. The Labute approximate surface area is 180 Å². The van der Waals surface area contributed by atoms with Crippen LogP contribution in [0.4, 0.5) is 4.79 Å². The highest BCUT2D eigenvalue weighted by Crippen LogP contribution is 2.43. The average molecular weight is 417 g/mol. The predicted octanol–water partition coefficient (Wildman–Crippen LogP) is 6.47. The summed E-state index contributed by atoms with van der Waals surface area (Å²) in [5.41, 5.74) is 3.65. The monoisotopic (exact) mass is 416 g/mol. The van der Waals surface area contributed by atoms with Gasteiger partial charge in [0.2, 0.25) is 0 Å². The highest BCUT2D eigenvalue weighted by molar-refractivity contribution is 7.99. The minimum atomic E-state index is -0.828. The van der Waals surface area contributed by atoms with Crippen molar-refractivity contribution in [3.05, 3.63) is 71.9 Å². The van der Waals surface area contributed by atoms with E-state index in [1.54, 1.807) is 16.7 Å². The number of hydrogen-bond acceptors (Lipinski definition) is 2. The minimum Gasteiger partial charge on any atom is -0.465 e. The molecule has 1 unspecified atom stereocenters. The molecule has 0 spiro atoms. The maximum absolute atomic E-state index is 11.8. The Hall–Kier alpha value is -2.92. The average Bonchev–Trinajstić information content (AvgIpc) is 3.06. The molecule has 1 N–H and O–H groups in total. The molecule has 4 nitrogen and oxygen atoms in total. The van der Waals surface area contributed by atoms with Crippen LogP contribution in [0.2, 0.25) is 0 Å². The van der Waals surface area contributed by atoms with Gasteiger partial charge in [-0.25, -0.2) is 4.79 Å². The molecule has 0 radical (unpaired) electrons. The van der Waals surface area contributed by atoms with Crippen LogP contribution in [0.15, 0.2) is 70.5 Å². The van der Waals surface area contributed by atoms with E-state index in [0.717, 1.165) is 12.8 Å². The van der Waals surface area contributed by atoms with Crippen molar-refractivity contribution >= 4 is 39.5 Å². The largest absolute Gasteiger partial charge is 0.465 e. The lowest BCUT2D eigenvalue weighted by Crippen LogP contribution is -2.39. The number of para-hydroxylation sites is 1. The van der Waals surface area contributed by atoms with Crippen LogP contribution in [0, 0.1) is 0 Å². The topological polar surface area (TPSA) is 45.5 Å². The van der Waals surface area contributed by atoms with Gasteiger partial charge in [0.15, 0.2) is 0 Å². The van der Waals surface area contributed by atoms with E-state index >= 15 is 0 Å². The van der Waals surface area contributed by atoms with Gasteiger partial charge in [-0.1, -0.05) is 61.2 Å². The second-order valence-corrected chi connectivity index (χ2v) is 8.95. The van der Waals surface area contributed by atoms with Crippen LogP contribution in [-0.2, 0) is 13.5 Å². The van der Waals surface area contributed by atoms with Crippen LogP contribution in [-0.4, -0.2) is 27.2 Å². The fraction of sp³-hybridized carbons (Fsp3) is 0.240. The molecule has 0 saturated carbocycles. The molecule has 0 saturated heterocycles. The fourth-order valence-corrected chi connectivity index (χ4v) is 5.93. The zero-order valence-electron chi connectivity index (χ0n) is 17.1. The first-order valence-electron chi connectivity index (χ1n) is 10.3. The molecule has 5 heteroatoms. The summed E-state index contributed by atoms with van der Waals surface area (Å²) in [6, 6.07) is 21.3. The zero-order chi connectivity index (χ0) is 20.8. The lowest BCUT2D eigenvalue weighted by molar-refractivity contribution is 0.118. The molecule has 0 fully saturated rings. The summed E-state index contributed by atoms with van der Waals surface area (Å²) >= 11 is 1.77. The van der Waals surface area contributed by atoms with Gasteiger partial charge in [-0.3, -0.25) is 0 Å². The van der Waals surface area contributed by atoms with Crippen molar-refractivity contribution in [1.29, 1.82) is 0 Å². The second kappa shape index (κ2) is 7.40. The van der Waals surface area contributed by atoms with Crippen LogP contribution in [0.25, 0.3) is 21.7 Å². The van der Waals surface area contributed by atoms with E-state index in [2.05, 4.69) is 79.2 Å². The molecule has 3 aromatic carbocycles. The van der Waals surface area contributed by atoms with Crippen molar-refractivity contribution in [2.45, 2.75) is 35.6 Å². The van der Waals surface area contributed by atoms with Crippen LogP contribution < -0.4 is 0 Å². The summed E-state index contributed by atoms with van der Waals surface area (Å²) in [5, 5.41) is 13.4. The third kappa shape index (κ3) is 2.96. The number of hydrogen-bond donors (Lipinski definition) is 1. The van der Waals surface area contributed by atoms with E-state index in [1.807, 2.05) is 0 Å². The summed E-state index contributed by atoms with van der Waals surface area (Å²) in [6.07, 6.45) is 0.704. The van der Waals surface area contributed by atoms with Gasteiger partial charge in [0.25, 0.3) is 0 Å². The summed E-state index contributed by atoms with van der Waals surface area (Å²) in [4.78, 5) is 15.8. The van der Waals surface area contributed by atoms with E-state index in [1.165, 1.54) is 42.7 Å². The number of aromatic nitrogens is 1. The van der Waals surface area contributed by atoms with E-state index in [0.29, 0.717) is 6.54 Å². The van der Waals surface area contributed by atoms with Gasteiger partial charge in [0.1, 0.15) is 0 Å². The van der Waals surface area contributed by atoms with Gasteiger partial charge < -0.3 is 14.6 Å². The SMILES string of the molecule is CCC1c2c(n(C)c3c(Sc4ccc5ccccc5c4)cccc23)CCN1C(=O)O. The first-order chi connectivity index (χ1) is 14.6. The zero-order valence-corrected chi connectivity index (χ0v) is 17.9. The van der Waals surface area contributed by atoms with E-state index < -0.39 is 6.09 Å². The Bertz CT molecular complexity index is 1280. The van der Waals surface area contributed by atoms with Gasteiger partial charge >= 0.3 is 6.09 Å². The van der Waals surface area contributed by atoms with Gasteiger partial charge in [-0.2, -0.15) is 0 Å². The summed E-state index contributed by atoms with van der Waals surface area (Å²) in [5.74, 6) is 0. The van der Waals surface area contributed by atoms with E-state index in [9.17, 15) is 9.90 Å². The molecule has 1 amide bonds. The summed E-state index contributed by atoms with van der Waals surface area (Å²) < 4.78 is 2.29. The molecule has 152 valence electrons. The number of carboxylic acid groups (broad SMARTS) is 1. The first kappa shape index (κ1) is 19.1. The Morgan fingerprint density at radius 3 is 2.67 bits per heavy atom. The lowest BCUT2D eigenvalue weighted by atomic mass is 9.94. The normalized spacial score (nSPS) is 16.2. The van der Waals surface area contributed by atoms with Gasteiger partial charge in [-0.05, 0) is 35.4 Å². The molecule has 1 aromatic heterocycles. The van der Waals surface area contributed by atoms with E-state index in [-0.39, 0.29) is 6.04 Å². The molecule has 0 aliphatic carbocycles. The van der Waals surface area contributed by atoms with Crippen LogP contribution >= 0.6 is 11.8 Å². The van der Waals surface area contributed by atoms with Crippen LogP contribution in [0.5, 0.6) is 0 Å². The van der Waals surface area contributed by atoms with Crippen molar-refractivity contribution in [1.82, 2.24) is 9.47 Å². The molecular weight excluding hydrogens is 392 g/mol. The Morgan fingerprint density at radius 1 is 1.10 bits per heavy atom. The molecule has 4 aromatic rings. The number of carbonyl (C=O) groups is 1. The Kier molecular flexibility index (Phi) is 4.70. The van der Waals surface area contributed by atoms with Crippen molar-refractivity contribution in [2.24, 2.45) is 7.05 Å². The smallest absolute Gasteiger partial charge is 0.407 e. The minimum absolute atomic E-state index is 0.0872. The van der Waals surface area contributed by atoms with Crippen LogP contribution in [0.3, 0.4) is 0 Å². The highest BCUT2D eigenvalue weighted by Gasteiger charge is 2.34. The van der Waals surface area contributed by atoms with Crippen molar-refractivity contribution in [3.8, 4) is 0 Å². The molecule has 1 aliphatic rings. The van der Waals surface area contributed by atoms with Gasteiger partial charge in [0.05, 0.1) is 11.6 Å². The maximum Gasteiger partial charge on any atom is 0.407 e. The third-order valence-corrected chi connectivity index (χ3v) is 7.26. The predicted molar refractivity (Wildman–Crippen MR) is 122 cm³/mol. The first-order valence-corrected chi connectivity index (χ1v) is 11.2.